The molecule has 1 amide bonds. The van der Waals surface area contributed by atoms with Gasteiger partial charge in [-0.15, -0.1) is 0 Å². The van der Waals surface area contributed by atoms with E-state index in [-0.39, 0.29) is 6.10 Å². The molecule has 0 aliphatic carbocycles. The standard InChI is InChI=1S/C10H20N2O.C6H13NO2.C5H13N.3C2H6/c1-9-4-5-12(10(13)8-9)7-6-11(2)3;1-7-2-3-9-5-6(8)4-7;1-4-6-5(2)3;3*1-2/h9H,4-8H2,1-3H3;6,8H,2-5H2,1H3;5-6H,4H2,1-3H3;3*1-2H3. The number of hydrogen-bond acceptors (Lipinski definition) is 6. The number of nitrogens with zero attached hydrogens (tertiary/aromatic N) is 3. The highest BCUT2D eigenvalue weighted by Gasteiger charge is 2.22. The van der Waals surface area contributed by atoms with Crippen LogP contribution in [0, 0.1) is 5.92 Å². The molecule has 2 heterocycles. The van der Waals surface area contributed by atoms with Gasteiger partial charge in [0.25, 0.3) is 0 Å². The number of aliphatic hydroxyl groups is 1. The van der Waals surface area contributed by atoms with Crippen molar-refractivity contribution in [3.05, 3.63) is 0 Å². The zero-order valence-electron chi connectivity index (χ0n) is 25.4. The first-order valence-corrected chi connectivity index (χ1v) is 13.8. The average molecular weight is 493 g/mol. The van der Waals surface area contributed by atoms with Crippen LogP contribution < -0.4 is 5.32 Å². The van der Waals surface area contributed by atoms with E-state index in [2.05, 4.69) is 42.8 Å². The zero-order valence-corrected chi connectivity index (χ0v) is 25.4. The van der Waals surface area contributed by atoms with E-state index in [1.807, 2.05) is 67.6 Å². The molecule has 2 N–H and O–H groups in total. The van der Waals surface area contributed by atoms with Crippen molar-refractivity contribution in [3.63, 3.8) is 0 Å². The number of ether oxygens (including phenoxy) is 1. The maximum atomic E-state index is 11.5. The van der Waals surface area contributed by atoms with Crippen LogP contribution in [0.3, 0.4) is 0 Å². The zero-order chi connectivity index (χ0) is 27.5. The second kappa shape index (κ2) is 30.3. The van der Waals surface area contributed by atoms with Crippen molar-refractivity contribution in [2.24, 2.45) is 5.92 Å². The molecule has 0 aromatic heterocycles. The highest BCUT2D eigenvalue weighted by atomic mass is 16.5. The first kappa shape index (κ1) is 40.4. The van der Waals surface area contributed by atoms with E-state index in [1.165, 1.54) is 6.42 Å². The average Bonchev–Trinajstić information content (AvgIpc) is 3.00. The minimum atomic E-state index is -0.294. The molecule has 0 spiro atoms. The molecule has 2 aliphatic heterocycles. The Morgan fingerprint density at radius 3 is 2.09 bits per heavy atom. The minimum absolute atomic E-state index is 0.294. The summed E-state index contributed by atoms with van der Waals surface area (Å²) in [5, 5.41) is 12.3. The molecule has 2 saturated heterocycles. The summed E-state index contributed by atoms with van der Waals surface area (Å²) in [6.45, 7) is 27.3. The Morgan fingerprint density at radius 1 is 1.12 bits per heavy atom. The molecule has 2 unspecified atom stereocenters. The number of aliphatic hydroxyl groups excluding tert-OH is 1. The van der Waals surface area contributed by atoms with Gasteiger partial charge < -0.3 is 29.9 Å². The number of nitrogens with one attached hydrogen (secondary N) is 1. The number of carbonyl (C=O) groups excluding carboxylic acids is 1. The highest BCUT2D eigenvalue weighted by Crippen LogP contribution is 2.16. The SMILES string of the molecule is CC.CC.CC.CC1CCN(CCN(C)C)C(=O)C1.CCNC(C)C.CN1CCOCC(O)C1. The Kier molecular flexibility index (Phi) is 36.0. The van der Waals surface area contributed by atoms with Crippen molar-refractivity contribution in [2.75, 3.05) is 73.6 Å². The molecule has 2 fully saturated rings. The number of rotatable bonds is 5. The summed E-state index contributed by atoms with van der Waals surface area (Å²) >= 11 is 0. The Morgan fingerprint density at radius 2 is 1.68 bits per heavy atom. The highest BCUT2D eigenvalue weighted by molar-refractivity contribution is 5.77. The van der Waals surface area contributed by atoms with Gasteiger partial charge in [-0.1, -0.05) is 69.2 Å². The molecule has 0 aromatic rings. The number of likely N-dealkylation sites (N-methyl/N-ethyl adjacent to an activating group) is 2. The largest absolute Gasteiger partial charge is 0.389 e. The van der Waals surface area contributed by atoms with Gasteiger partial charge in [-0.2, -0.15) is 0 Å². The van der Waals surface area contributed by atoms with Gasteiger partial charge in [0.05, 0.1) is 19.3 Å². The van der Waals surface area contributed by atoms with Crippen LogP contribution in [0.4, 0.5) is 0 Å². The Bertz CT molecular complexity index is 386. The third kappa shape index (κ3) is 29.3. The Hall–Kier alpha value is -0.730. The fraction of sp³-hybridized carbons (Fsp3) is 0.963. The second-order valence-corrected chi connectivity index (χ2v) is 8.49. The predicted octanol–water partition coefficient (Wildman–Crippen LogP) is 4.20. The van der Waals surface area contributed by atoms with Gasteiger partial charge in [-0.3, -0.25) is 4.79 Å². The maximum Gasteiger partial charge on any atom is 0.222 e. The van der Waals surface area contributed by atoms with Crippen LogP contribution in [-0.2, 0) is 9.53 Å². The van der Waals surface area contributed by atoms with E-state index in [1.54, 1.807) is 0 Å². The van der Waals surface area contributed by atoms with E-state index in [9.17, 15) is 4.79 Å². The van der Waals surface area contributed by atoms with Crippen molar-refractivity contribution >= 4 is 5.91 Å². The lowest BCUT2D eigenvalue weighted by Gasteiger charge is -2.30. The number of β-amino-alcohol motifs (C(OH)–C–C–N with tert-alkyl or cyclic N) is 1. The quantitative estimate of drug-likeness (QED) is 0.600. The first-order chi connectivity index (χ1) is 16.1. The number of amides is 1. The molecule has 2 rings (SSSR count). The van der Waals surface area contributed by atoms with Crippen molar-refractivity contribution in [3.8, 4) is 0 Å². The molecular weight excluding hydrogens is 428 g/mol. The van der Waals surface area contributed by atoms with E-state index >= 15 is 0 Å². The summed E-state index contributed by atoms with van der Waals surface area (Å²) in [5.74, 6) is 0.920. The summed E-state index contributed by atoms with van der Waals surface area (Å²) in [5.41, 5.74) is 0. The topological polar surface area (TPSA) is 68.3 Å². The van der Waals surface area contributed by atoms with E-state index < -0.39 is 0 Å². The van der Waals surface area contributed by atoms with Crippen LogP contribution in [0.5, 0.6) is 0 Å². The van der Waals surface area contributed by atoms with E-state index in [4.69, 9.17) is 9.84 Å². The van der Waals surface area contributed by atoms with E-state index in [0.717, 1.165) is 52.3 Å². The van der Waals surface area contributed by atoms with Crippen LogP contribution in [-0.4, -0.2) is 111 Å². The van der Waals surface area contributed by atoms with Crippen molar-refractivity contribution in [1.82, 2.24) is 20.0 Å². The summed E-state index contributed by atoms with van der Waals surface area (Å²) in [6, 6.07) is 0.648. The molecule has 0 bridgehead atoms. The van der Waals surface area contributed by atoms with Crippen LogP contribution in [0.1, 0.15) is 82.1 Å². The number of likely N-dealkylation sites (tertiary alicyclic amines) is 1. The number of hydrogen-bond donors (Lipinski definition) is 2. The van der Waals surface area contributed by atoms with Gasteiger partial charge >= 0.3 is 0 Å². The van der Waals surface area contributed by atoms with E-state index in [0.29, 0.717) is 24.5 Å². The lowest BCUT2D eigenvalue weighted by atomic mass is 9.99. The molecule has 0 saturated carbocycles. The van der Waals surface area contributed by atoms with Crippen LogP contribution in [0.15, 0.2) is 0 Å². The molecule has 2 atom stereocenters. The summed E-state index contributed by atoms with van der Waals surface area (Å²) in [6.07, 6.45) is 1.62. The fourth-order valence-corrected chi connectivity index (χ4v) is 2.94. The summed E-state index contributed by atoms with van der Waals surface area (Å²) in [7, 11) is 6.06. The molecule has 2 aliphatic rings. The van der Waals surface area contributed by atoms with Gasteiger partial charge in [0, 0.05) is 45.2 Å². The molecule has 7 nitrogen and oxygen atoms in total. The van der Waals surface area contributed by atoms with Gasteiger partial charge in [0.1, 0.15) is 0 Å². The summed E-state index contributed by atoms with van der Waals surface area (Å²) < 4.78 is 5.09. The molecular formula is C27H64N4O3. The lowest BCUT2D eigenvalue weighted by Crippen LogP contribution is -2.41. The van der Waals surface area contributed by atoms with Gasteiger partial charge in [0.2, 0.25) is 5.91 Å². The Balaban J connectivity index is -0.000000188. The van der Waals surface area contributed by atoms with Crippen LogP contribution in [0.2, 0.25) is 0 Å². The molecule has 7 heteroatoms. The number of carbonyl (C=O) groups is 1. The van der Waals surface area contributed by atoms with Crippen molar-refractivity contribution < 1.29 is 14.6 Å². The summed E-state index contributed by atoms with van der Waals surface area (Å²) in [4.78, 5) is 17.7. The van der Waals surface area contributed by atoms with Crippen molar-refractivity contribution in [1.29, 1.82) is 0 Å². The smallest absolute Gasteiger partial charge is 0.222 e. The minimum Gasteiger partial charge on any atom is -0.389 e. The second-order valence-electron chi connectivity index (χ2n) is 8.49. The molecule has 210 valence electrons. The van der Waals surface area contributed by atoms with Gasteiger partial charge in [0.15, 0.2) is 0 Å². The maximum absolute atomic E-state index is 11.5. The first-order valence-electron chi connectivity index (χ1n) is 13.8. The molecule has 0 radical (unpaired) electrons. The van der Waals surface area contributed by atoms with Crippen molar-refractivity contribution in [2.45, 2.75) is 94.2 Å². The monoisotopic (exact) mass is 492 g/mol. The normalized spacial score (nSPS) is 20.0. The molecule has 34 heavy (non-hydrogen) atoms. The fourth-order valence-electron chi connectivity index (χ4n) is 2.94. The third-order valence-electron chi connectivity index (χ3n) is 4.65. The number of piperidine rings is 1. The van der Waals surface area contributed by atoms with Gasteiger partial charge in [-0.05, 0) is 40.0 Å². The van der Waals surface area contributed by atoms with Crippen LogP contribution >= 0.6 is 0 Å². The lowest BCUT2D eigenvalue weighted by molar-refractivity contribution is -0.134. The van der Waals surface area contributed by atoms with Crippen LogP contribution in [0.25, 0.3) is 0 Å². The van der Waals surface area contributed by atoms with Gasteiger partial charge in [-0.25, -0.2) is 0 Å². The molecule has 0 aromatic carbocycles. The Labute approximate surface area is 214 Å². The third-order valence-corrected chi connectivity index (χ3v) is 4.65. The predicted molar refractivity (Wildman–Crippen MR) is 151 cm³/mol.